The van der Waals surface area contributed by atoms with Gasteiger partial charge >= 0.3 is 5.97 Å². The van der Waals surface area contributed by atoms with Crippen LogP contribution in [0.1, 0.15) is 54.4 Å². The molecule has 0 fully saturated rings. The maximum atomic E-state index is 12.6. The van der Waals surface area contributed by atoms with Gasteiger partial charge in [0.15, 0.2) is 0 Å². The van der Waals surface area contributed by atoms with Gasteiger partial charge in [0.2, 0.25) is 17.7 Å². The van der Waals surface area contributed by atoms with Crippen LogP contribution in [0.4, 0.5) is 0 Å². The van der Waals surface area contributed by atoms with Gasteiger partial charge in [-0.15, -0.1) is 0 Å². The molecule has 0 aromatic rings. The topological polar surface area (TPSA) is 151 Å². The van der Waals surface area contributed by atoms with Gasteiger partial charge in [-0.05, 0) is 32.1 Å². The molecule has 5 unspecified atom stereocenters. The second-order valence-electron chi connectivity index (χ2n) is 7.42. The van der Waals surface area contributed by atoms with Crippen molar-refractivity contribution in [3.63, 3.8) is 0 Å². The Labute approximate surface area is 160 Å². The van der Waals surface area contributed by atoms with Crippen LogP contribution in [0.3, 0.4) is 0 Å². The van der Waals surface area contributed by atoms with Crippen molar-refractivity contribution in [1.29, 1.82) is 0 Å². The van der Waals surface area contributed by atoms with Gasteiger partial charge in [-0.25, -0.2) is 4.79 Å². The average Bonchev–Trinajstić information content (AvgIpc) is 2.57. The minimum Gasteiger partial charge on any atom is -0.480 e. The molecular formula is C18H34N4O5. The molecule has 0 saturated carbocycles. The molecule has 0 aliphatic rings. The third-order valence-corrected chi connectivity index (χ3v) is 4.28. The molecule has 0 rings (SSSR count). The smallest absolute Gasteiger partial charge is 0.326 e. The number of carboxylic acids is 1. The van der Waals surface area contributed by atoms with Crippen LogP contribution >= 0.6 is 0 Å². The first-order valence-corrected chi connectivity index (χ1v) is 9.30. The van der Waals surface area contributed by atoms with Gasteiger partial charge in [0, 0.05) is 0 Å². The normalized spacial score (nSPS) is 16.6. The lowest BCUT2D eigenvalue weighted by molar-refractivity contribution is -0.143. The molecule has 5 atom stereocenters. The van der Waals surface area contributed by atoms with E-state index in [2.05, 4.69) is 16.0 Å². The predicted octanol–water partition coefficient (Wildman–Crippen LogP) is -0.0153. The van der Waals surface area contributed by atoms with Crippen molar-refractivity contribution in [1.82, 2.24) is 16.0 Å². The lowest BCUT2D eigenvalue weighted by Crippen LogP contribution is -2.58. The highest BCUT2D eigenvalue weighted by molar-refractivity contribution is 5.93. The second-order valence-corrected chi connectivity index (χ2v) is 7.42. The third kappa shape index (κ3) is 8.85. The Morgan fingerprint density at radius 1 is 0.889 bits per heavy atom. The summed E-state index contributed by atoms with van der Waals surface area (Å²) in [6.45, 7) is 10.4. The second kappa shape index (κ2) is 11.5. The summed E-state index contributed by atoms with van der Waals surface area (Å²) in [6.07, 6.45) is 0.879. The molecule has 0 aliphatic heterocycles. The van der Waals surface area contributed by atoms with Gasteiger partial charge < -0.3 is 26.8 Å². The molecule has 27 heavy (non-hydrogen) atoms. The monoisotopic (exact) mass is 386 g/mol. The largest absolute Gasteiger partial charge is 0.480 e. The van der Waals surface area contributed by atoms with E-state index in [1.165, 1.54) is 13.8 Å². The minimum absolute atomic E-state index is 0.0801. The van der Waals surface area contributed by atoms with Gasteiger partial charge in [0.25, 0.3) is 0 Å². The standard InChI is InChI=1S/C18H34N4O5/c1-7-10(4)14(17(25)21-13(18(26)27)8-9(2)3)22-16(24)12(6)20-15(23)11(5)19/h9-14H,7-8,19H2,1-6H3,(H,20,23)(H,21,25)(H,22,24)(H,26,27). The lowest BCUT2D eigenvalue weighted by Gasteiger charge is -2.27. The van der Waals surface area contributed by atoms with E-state index in [1.807, 2.05) is 20.8 Å². The lowest BCUT2D eigenvalue weighted by atomic mass is 9.96. The summed E-state index contributed by atoms with van der Waals surface area (Å²) in [5.41, 5.74) is 5.46. The molecule has 0 aromatic heterocycles. The molecule has 0 spiro atoms. The van der Waals surface area contributed by atoms with Gasteiger partial charge in [0.05, 0.1) is 6.04 Å². The number of nitrogens with one attached hydrogen (secondary N) is 3. The van der Waals surface area contributed by atoms with E-state index in [-0.39, 0.29) is 18.3 Å². The molecule has 9 nitrogen and oxygen atoms in total. The number of aliphatic carboxylic acids is 1. The SMILES string of the molecule is CCC(C)C(NC(=O)C(C)NC(=O)C(C)N)C(=O)NC(CC(C)C)C(=O)O. The fraction of sp³-hybridized carbons (Fsp3) is 0.778. The number of hydrogen-bond donors (Lipinski definition) is 5. The zero-order valence-corrected chi connectivity index (χ0v) is 17.0. The van der Waals surface area contributed by atoms with Crippen molar-refractivity contribution < 1.29 is 24.3 Å². The average molecular weight is 386 g/mol. The fourth-order valence-electron chi connectivity index (χ4n) is 2.34. The van der Waals surface area contributed by atoms with Gasteiger partial charge in [-0.1, -0.05) is 34.1 Å². The molecule has 0 heterocycles. The van der Waals surface area contributed by atoms with Crippen LogP contribution in [0, 0.1) is 11.8 Å². The molecule has 156 valence electrons. The van der Waals surface area contributed by atoms with Crippen LogP contribution in [-0.4, -0.2) is 53.0 Å². The molecule has 0 aliphatic carbocycles. The first-order chi connectivity index (χ1) is 12.4. The summed E-state index contributed by atoms with van der Waals surface area (Å²) in [7, 11) is 0. The Kier molecular flexibility index (Phi) is 10.6. The Morgan fingerprint density at radius 3 is 1.85 bits per heavy atom. The predicted molar refractivity (Wildman–Crippen MR) is 102 cm³/mol. The van der Waals surface area contributed by atoms with E-state index >= 15 is 0 Å². The number of nitrogens with two attached hydrogens (primary N) is 1. The van der Waals surface area contributed by atoms with Crippen molar-refractivity contribution >= 4 is 23.7 Å². The summed E-state index contributed by atoms with van der Waals surface area (Å²) >= 11 is 0. The van der Waals surface area contributed by atoms with Crippen molar-refractivity contribution in [2.45, 2.75) is 78.6 Å². The Hall–Kier alpha value is -2.16. The Bertz CT molecular complexity index is 536. The maximum Gasteiger partial charge on any atom is 0.326 e. The number of carboxylic acid groups (broad SMARTS) is 1. The van der Waals surface area contributed by atoms with E-state index in [9.17, 15) is 24.3 Å². The number of hydrogen-bond acceptors (Lipinski definition) is 5. The number of carbonyl (C=O) groups is 4. The minimum atomic E-state index is -1.12. The molecule has 9 heteroatoms. The van der Waals surface area contributed by atoms with Crippen LogP contribution in [0.5, 0.6) is 0 Å². The van der Waals surface area contributed by atoms with Crippen LogP contribution in [-0.2, 0) is 19.2 Å². The highest BCUT2D eigenvalue weighted by Gasteiger charge is 2.31. The third-order valence-electron chi connectivity index (χ3n) is 4.28. The van der Waals surface area contributed by atoms with Crippen LogP contribution in [0.2, 0.25) is 0 Å². The van der Waals surface area contributed by atoms with Gasteiger partial charge in [0.1, 0.15) is 18.1 Å². The maximum absolute atomic E-state index is 12.6. The molecular weight excluding hydrogens is 352 g/mol. The van der Waals surface area contributed by atoms with E-state index in [4.69, 9.17) is 5.73 Å². The highest BCUT2D eigenvalue weighted by atomic mass is 16.4. The van der Waals surface area contributed by atoms with Crippen molar-refractivity contribution in [3.8, 4) is 0 Å². The molecule has 3 amide bonds. The van der Waals surface area contributed by atoms with Gasteiger partial charge in [-0.3, -0.25) is 14.4 Å². The van der Waals surface area contributed by atoms with Crippen LogP contribution in [0.15, 0.2) is 0 Å². The van der Waals surface area contributed by atoms with Crippen molar-refractivity contribution in [3.05, 3.63) is 0 Å². The summed E-state index contributed by atoms with van der Waals surface area (Å²) in [6, 6.07) is -3.59. The van der Waals surface area contributed by atoms with E-state index < -0.39 is 47.9 Å². The molecule has 0 aromatic carbocycles. The number of carbonyl (C=O) groups excluding carboxylic acids is 3. The zero-order chi connectivity index (χ0) is 21.3. The van der Waals surface area contributed by atoms with E-state index in [1.54, 1.807) is 6.92 Å². The summed E-state index contributed by atoms with van der Waals surface area (Å²) in [4.78, 5) is 48.0. The number of rotatable bonds is 11. The Morgan fingerprint density at radius 2 is 1.44 bits per heavy atom. The van der Waals surface area contributed by atoms with Crippen LogP contribution in [0.25, 0.3) is 0 Å². The molecule has 6 N–H and O–H groups in total. The molecule has 0 radical (unpaired) electrons. The fourth-order valence-corrected chi connectivity index (χ4v) is 2.34. The summed E-state index contributed by atoms with van der Waals surface area (Å²) in [5, 5.41) is 16.9. The zero-order valence-electron chi connectivity index (χ0n) is 17.0. The quantitative estimate of drug-likeness (QED) is 0.337. The van der Waals surface area contributed by atoms with Crippen LogP contribution < -0.4 is 21.7 Å². The van der Waals surface area contributed by atoms with Crippen molar-refractivity contribution in [2.24, 2.45) is 17.6 Å². The summed E-state index contributed by atoms with van der Waals surface area (Å²) in [5.74, 6) is -2.85. The first-order valence-electron chi connectivity index (χ1n) is 9.30. The van der Waals surface area contributed by atoms with Gasteiger partial charge in [-0.2, -0.15) is 0 Å². The highest BCUT2D eigenvalue weighted by Crippen LogP contribution is 2.11. The van der Waals surface area contributed by atoms with E-state index in [0.29, 0.717) is 6.42 Å². The van der Waals surface area contributed by atoms with Crippen molar-refractivity contribution in [2.75, 3.05) is 0 Å². The van der Waals surface area contributed by atoms with E-state index in [0.717, 1.165) is 0 Å². The molecule has 0 saturated heterocycles. The molecule has 0 bridgehead atoms. The number of amides is 3. The Balaban J connectivity index is 5.15. The first kappa shape index (κ1) is 24.8. The summed E-state index contributed by atoms with van der Waals surface area (Å²) < 4.78 is 0.